The Morgan fingerprint density at radius 2 is 1.95 bits per heavy atom. The van der Waals surface area contributed by atoms with E-state index in [1.54, 1.807) is 0 Å². The molecule has 9 heteroatoms. The number of rotatable bonds is 6. The van der Waals surface area contributed by atoms with Gasteiger partial charge in [0.15, 0.2) is 0 Å². The molecular weight excluding hydrogens is 329 g/mol. The number of benzene rings is 1. The van der Waals surface area contributed by atoms with Gasteiger partial charge in [0.05, 0.1) is 22.0 Å². The van der Waals surface area contributed by atoms with Crippen molar-refractivity contribution in [2.75, 3.05) is 17.0 Å². The summed E-state index contributed by atoms with van der Waals surface area (Å²) >= 11 is 5.69. The molecule has 2 rings (SSSR count). The smallest absolute Gasteiger partial charge is 0.313 e. The molecule has 0 saturated heterocycles. The molecule has 21 heavy (non-hydrogen) atoms. The van der Waals surface area contributed by atoms with Crippen molar-refractivity contribution in [3.8, 4) is 0 Å². The topological polar surface area (TPSA) is 58.2 Å². The lowest BCUT2D eigenvalue weighted by molar-refractivity contribution is -0.136. The van der Waals surface area contributed by atoms with E-state index in [0.29, 0.717) is 6.04 Å². The summed E-state index contributed by atoms with van der Waals surface area (Å²) in [5.41, 5.74) is -1.73. The Balaban J connectivity index is 2.13. The predicted molar refractivity (Wildman–Crippen MR) is 74.9 cm³/mol. The second-order valence-corrected chi connectivity index (χ2v) is 7.06. The van der Waals surface area contributed by atoms with E-state index in [0.717, 1.165) is 25.0 Å². The van der Waals surface area contributed by atoms with Gasteiger partial charge in [-0.1, -0.05) is 17.7 Å². The standard InChI is InChI=1S/C12H14ClF3N2O2S/c13-10-3-1-2-9(12(14,15)16)11(10)18-21(19,20)7-6-17-8-4-5-8/h1-3,8,17-18H,4-7H2. The zero-order chi connectivity index (χ0) is 15.7. The van der Waals surface area contributed by atoms with Crippen LogP contribution in [0.25, 0.3) is 0 Å². The Morgan fingerprint density at radius 3 is 2.52 bits per heavy atom. The van der Waals surface area contributed by atoms with Crippen molar-refractivity contribution in [2.24, 2.45) is 0 Å². The second-order valence-electron chi connectivity index (χ2n) is 4.81. The maximum absolute atomic E-state index is 12.9. The first kappa shape index (κ1) is 16.4. The van der Waals surface area contributed by atoms with E-state index < -0.39 is 27.5 Å². The van der Waals surface area contributed by atoms with Crippen molar-refractivity contribution < 1.29 is 21.6 Å². The molecule has 1 aliphatic rings. The summed E-state index contributed by atoms with van der Waals surface area (Å²) in [5, 5.41) is 2.70. The molecule has 118 valence electrons. The van der Waals surface area contributed by atoms with Crippen molar-refractivity contribution in [3.63, 3.8) is 0 Å². The van der Waals surface area contributed by atoms with Gasteiger partial charge in [-0.3, -0.25) is 4.72 Å². The lowest BCUT2D eigenvalue weighted by Crippen LogP contribution is -2.28. The average molecular weight is 343 g/mol. The average Bonchev–Trinajstić information content (AvgIpc) is 3.14. The Bertz CT molecular complexity index is 615. The largest absolute Gasteiger partial charge is 0.418 e. The molecule has 1 aromatic rings. The first-order valence-electron chi connectivity index (χ1n) is 6.28. The van der Waals surface area contributed by atoms with Crippen LogP contribution in [0.3, 0.4) is 0 Å². The molecule has 0 unspecified atom stereocenters. The lowest BCUT2D eigenvalue weighted by atomic mass is 10.2. The van der Waals surface area contributed by atoms with E-state index in [9.17, 15) is 21.6 Å². The quantitative estimate of drug-likeness (QED) is 0.835. The lowest BCUT2D eigenvalue weighted by Gasteiger charge is -2.16. The molecule has 0 radical (unpaired) electrons. The Morgan fingerprint density at radius 1 is 1.29 bits per heavy atom. The normalized spacial score (nSPS) is 16.0. The minimum atomic E-state index is -4.69. The number of halogens is 4. The monoisotopic (exact) mass is 342 g/mol. The van der Waals surface area contributed by atoms with Crippen LogP contribution in [0.4, 0.5) is 18.9 Å². The number of alkyl halides is 3. The minimum absolute atomic E-state index is 0.186. The van der Waals surface area contributed by atoms with Crippen molar-refractivity contribution in [2.45, 2.75) is 25.1 Å². The molecule has 0 spiro atoms. The number of sulfonamides is 1. The van der Waals surface area contributed by atoms with Crippen LogP contribution in [0.5, 0.6) is 0 Å². The third-order valence-electron chi connectivity index (χ3n) is 2.96. The molecule has 1 fully saturated rings. The molecule has 1 aliphatic carbocycles. The van der Waals surface area contributed by atoms with Crippen LogP contribution in [-0.2, 0) is 16.2 Å². The summed E-state index contributed by atoms with van der Waals surface area (Å²) in [6.45, 7) is 0.186. The molecule has 1 saturated carbocycles. The third-order valence-corrected chi connectivity index (χ3v) is 4.53. The van der Waals surface area contributed by atoms with Crippen LogP contribution in [0.15, 0.2) is 18.2 Å². The van der Waals surface area contributed by atoms with Gasteiger partial charge >= 0.3 is 6.18 Å². The highest BCUT2D eigenvalue weighted by Crippen LogP contribution is 2.38. The summed E-state index contributed by atoms with van der Waals surface area (Å²) < 4.78 is 64.2. The summed E-state index contributed by atoms with van der Waals surface area (Å²) in [7, 11) is -3.90. The zero-order valence-corrected chi connectivity index (χ0v) is 12.4. The van der Waals surface area contributed by atoms with Crippen LogP contribution >= 0.6 is 11.6 Å². The highest BCUT2D eigenvalue weighted by Gasteiger charge is 2.35. The molecule has 0 aliphatic heterocycles. The fourth-order valence-corrected chi connectivity index (χ4v) is 3.05. The van der Waals surface area contributed by atoms with E-state index >= 15 is 0 Å². The summed E-state index contributed by atoms with van der Waals surface area (Å²) in [5.74, 6) is -0.313. The molecule has 2 N–H and O–H groups in total. The van der Waals surface area contributed by atoms with Crippen molar-refractivity contribution in [1.82, 2.24) is 5.32 Å². The van der Waals surface area contributed by atoms with Gasteiger partial charge in [0, 0.05) is 12.6 Å². The fourth-order valence-electron chi connectivity index (χ4n) is 1.76. The van der Waals surface area contributed by atoms with Crippen molar-refractivity contribution in [1.29, 1.82) is 0 Å². The van der Waals surface area contributed by atoms with Crippen molar-refractivity contribution in [3.05, 3.63) is 28.8 Å². The van der Waals surface area contributed by atoms with Gasteiger partial charge in [-0.25, -0.2) is 8.42 Å². The molecule has 1 aromatic carbocycles. The van der Waals surface area contributed by atoms with Crippen molar-refractivity contribution >= 4 is 27.3 Å². The van der Waals surface area contributed by atoms with Gasteiger partial charge in [0.25, 0.3) is 0 Å². The Labute approximate surface area is 125 Å². The molecule has 0 amide bonds. The fraction of sp³-hybridized carbons (Fsp3) is 0.500. The first-order valence-corrected chi connectivity index (χ1v) is 8.32. The van der Waals surface area contributed by atoms with Crippen LogP contribution in [-0.4, -0.2) is 26.8 Å². The number of para-hydroxylation sites is 1. The van der Waals surface area contributed by atoms with Gasteiger partial charge in [-0.05, 0) is 25.0 Å². The number of nitrogens with one attached hydrogen (secondary N) is 2. The molecular formula is C12H14ClF3N2O2S. The third kappa shape index (κ3) is 4.76. The molecule has 4 nitrogen and oxygen atoms in total. The van der Waals surface area contributed by atoms with E-state index in [1.165, 1.54) is 6.07 Å². The van der Waals surface area contributed by atoms with Gasteiger partial charge < -0.3 is 5.32 Å². The summed E-state index contributed by atoms with van der Waals surface area (Å²) in [4.78, 5) is 0. The number of anilines is 1. The van der Waals surface area contributed by atoms with E-state index in [2.05, 4.69) is 5.32 Å². The van der Waals surface area contributed by atoms with Crippen LogP contribution in [0.2, 0.25) is 5.02 Å². The van der Waals surface area contributed by atoms with E-state index in [4.69, 9.17) is 11.6 Å². The zero-order valence-electron chi connectivity index (χ0n) is 10.9. The Kier molecular flexibility index (Phi) is 4.69. The molecule has 0 atom stereocenters. The Hall–Kier alpha value is -0.990. The van der Waals surface area contributed by atoms with E-state index in [1.807, 2.05) is 4.72 Å². The first-order chi connectivity index (χ1) is 9.69. The highest BCUT2D eigenvalue weighted by molar-refractivity contribution is 7.92. The summed E-state index contributed by atoms with van der Waals surface area (Å²) in [6.07, 6.45) is -2.69. The van der Waals surface area contributed by atoms with Crippen LogP contribution < -0.4 is 10.0 Å². The molecule has 0 bridgehead atoms. The SMILES string of the molecule is O=S(=O)(CCNC1CC1)Nc1c(Cl)cccc1C(F)(F)F. The van der Waals surface area contributed by atoms with Gasteiger partial charge in [0.1, 0.15) is 0 Å². The highest BCUT2D eigenvalue weighted by atomic mass is 35.5. The number of hydrogen-bond acceptors (Lipinski definition) is 3. The van der Waals surface area contributed by atoms with Gasteiger partial charge in [-0.15, -0.1) is 0 Å². The van der Waals surface area contributed by atoms with Crippen LogP contribution in [0, 0.1) is 0 Å². The minimum Gasteiger partial charge on any atom is -0.313 e. The van der Waals surface area contributed by atoms with E-state index in [-0.39, 0.29) is 17.3 Å². The maximum Gasteiger partial charge on any atom is 0.418 e. The van der Waals surface area contributed by atoms with Crippen LogP contribution in [0.1, 0.15) is 18.4 Å². The summed E-state index contributed by atoms with van der Waals surface area (Å²) in [6, 6.07) is 3.44. The maximum atomic E-state index is 12.9. The molecule has 0 heterocycles. The number of hydrogen-bond donors (Lipinski definition) is 2. The van der Waals surface area contributed by atoms with Gasteiger partial charge in [-0.2, -0.15) is 13.2 Å². The predicted octanol–water partition coefficient (Wildman–Crippen LogP) is 2.85. The molecule has 0 aromatic heterocycles. The van der Waals surface area contributed by atoms with Gasteiger partial charge in [0.2, 0.25) is 10.0 Å². The second kappa shape index (κ2) is 6.02.